The van der Waals surface area contributed by atoms with Gasteiger partial charge < -0.3 is 14.2 Å². The monoisotopic (exact) mass is 509 g/mol. The second kappa shape index (κ2) is 11.1. The summed E-state index contributed by atoms with van der Waals surface area (Å²) >= 11 is 0. The Balaban J connectivity index is 1.43. The summed E-state index contributed by atoms with van der Waals surface area (Å²) in [6.45, 7) is 0. The predicted molar refractivity (Wildman–Crippen MR) is 130 cm³/mol. The van der Waals surface area contributed by atoms with E-state index < -0.39 is 35.4 Å². The number of pyridine rings is 1. The Labute approximate surface area is 210 Å². The van der Waals surface area contributed by atoms with E-state index in [1.165, 1.54) is 32.4 Å². The van der Waals surface area contributed by atoms with E-state index in [2.05, 4.69) is 4.98 Å². The molecule has 3 aromatic carbocycles. The number of aromatic nitrogens is 1. The smallest absolute Gasteiger partial charge is 0.162 e. The molecular formula is C28H22F3NO5. The summed E-state index contributed by atoms with van der Waals surface area (Å²) in [7, 11) is 3.02. The molecule has 0 saturated heterocycles. The lowest BCUT2D eigenvalue weighted by atomic mass is 10.0. The fourth-order valence-corrected chi connectivity index (χ4v) is 3.83. The van der Waals surface area contributed by atoms with Gasteiger partial charge in [-0.05, 0) is 41.5 Å². The van der Waals surface area contributed by atoms with Crippen LogP contribution in [0.15, 0.2) is 60.8 Å². The lowest BCUT2D eigenvalue weighted by Gasteiger charge is -2.13. The Morgan fingerprint density at radius 2 is 1.49 bits per heavy atom. The number of rotatable bonds is 10. The molecule has 37 heavy (non-hydrogen) atoms. The molecular weight excluding hydrogens is 487 g/mol. The van der Waals surface area contributed by atoms with Crippen LogP contribution in [0.3, 0.4) is 0 Å². The molecule has 0 N–H and O–H groups in total. The highest BCUT2D eigenvalue weighted by atomic mass is 19.2. The number of hydrogen-bond acceptors (Lipinski definition) is 6. The zero-order valence-corrected chi connectivity index (χ0v) is 20.0. The second-order valence-corrected chi connectivity index (χ2v) is 8.24. The van der Waals surface area contributed by atoms with Crippen LogP contribution in [-0.4, -0.2) is 30.8 Å². The number of fused-ring (bicyclic) bond motifs is 1. The molecule has 4 aromatic rings. The molecule has 0 spiro atoms. The van der Waals surface area contributed by atoms with E-state index >= 15 is 0 Å². The number of ether oxygens (including phenoxy) is 3. The van der Waals surface area contributed by atoms with E-state index in [0.717, 1.165) is 18.2 Å². The van der Waals surface area contributed by atoms with Crippen LogP contribution in [0.1, 0.15) is 17.5 Å². The van der Waals surface area contributed by atoms with Crippen molar-refractivity contribution in [3.8, 4) is 23.0 Å². The van der Waals surface area contributed by atoms with Crippen molar-refractivity contribution in [3.05, 3.63) is 89.4 Å². The van der Waals surface area contributed by atoms with Crippen LogP contribution in [0, 0.1) is 17.5 Å². The number of carbonyl (C=O) groups is 2. The number of methoxy groups -OCH3 is 2. The molecule has 9 heteroatoms. The molecule has 0 aliphatic carbocycles. The highest BCUT2D eigenvalue weighted by molar-refractivity contribution is 6.00. The Morgan fingerprint density at radius 1 is 0.757 bits per heavy atom. The van der Waals surface area contributed by atoms with Gasteiger partial charge in [0.1, 0.15) is 28.9 Å². The van der Waals surface area contributed by atoms with Gasteiger partial charge in [-0.15, -0.1) is 0 Å². The molecule has 6 nitrogen and oxygen atoms in total. The number of halogens is 3. The van der Waals surface area contributed by atoms with Gasteiger partial charge in [0.25, 0.3) is 0 Å². The number of nitrogens with zero attached hydrogens (tertiary/aromatic N) is 1. The third kappa shape index (κ3) is 6.06. The van der Waals surface area contributed by atoms with Crippen molar-refractivity contribution in [1.82, 2.24) is 4.98 Å². The summed E-state index contributed by atoms with van der Waals surface area (Å²) in [5.74, 6) is -2.14. The predicted octanol–water partition coefficient (Wildman–Crippen LogP) is 5.78. The van der Waals surface area contributed by atoms with Gasteiger partial charge in [0.15, 0.2) is 23.1 Å². The minimum atomic E-state index is -1.07. The summed E-state index contributed by atoms with van der Waals surface area (Å²) in [6, 6.07) is 12.2. The Bertz CT molecular complexity index is 1490. The van der Waals surface area contributed by atoms with E-state index in [0.29, 0.717) is 28.2 Å². The maximum absolute atomic E-state index is 14.8. The molecule has 0 aliphatic heterocycles. The van der Waals surface area contributed by atoms with Gasteiger partial charge in [0.2, 0.25) is 0 Å². The maximum atomic E-state index is 14.8. The highest BCUT2D eigenvalue weighted by Gasteiger charge is 2.16. The number of benzene rings is 3. The van der Waals surface area contributed by atoms with Crippen LogP contribution in [0.4, 0.5) is 13.2 Å². The molecule has 1 heterocycles. The van der Waals surface area contributed by atoms with Gasteiger partial charge in [0, 0.05) is 36.6 Å². The maximum Gasteiger partial charge on any atom is 0.162 e. The van der Waals surface area contributed by atoms with Crippen LogP contribution in [0.2, 0.25) is 0 Å². The van der Waals surface area contributed by atoms with Crippen LogP contribution < -0.4 is 14.2 Å². The van der Waals surface area contributed by atoms with Crippen molar-refractivity contribution >= 4 is 22.5 Å². The van der Waals surface area contributed by atoms with Gasteiger partial charge in [-0.1, -0.05) is 12.1 Å². The first kappa shape index (κ1) is 25.7. The van der Waals surface area contributed by atoms with Crippen LogP contribution >= 0.6 is 0 Å². The van der Waals surface area contributed by atoms with Crippen LogP contribution in [-0.2, 0) is 22.4 Å². The van der Waals surface area contributed by atoms with Gasteiger partial charge in [-0.2, -0.15) is 0 Å². The topological polar surface area (TPSA) is 74.7 Å². The summed E-state index contributed by atoms with van der Waals surface area (Å²) in [4.78, 5) is 28.8. The van der Waals surface area contributed by atoms with Gasteiger partial charge in [-0.3, -0.25) is 14.6 Å². The molecule has 0 bridgehead atoms. The standard InChI is InChI=1S/C28H22F3NO5/c1-35-27-14-21-25(15-28(27)36-2)32-8-7-26(21)37-20-5-4-17(23(30)13-20)11-19(34)12-18(33)9-16-3-6-22(29)24(31)10-16/h3-8,10,13-15H,9,11-12H2,1-2H3. The van der Waals surface area contributed by atoms with E-state index in [9.17, 15) is 22.8 Å². The Hall–Kier alpha value is -4.40. The molecule has 0 atom stereocenters. The lowest BCUT2D eigenvalue weighted by molar-refractivity contribution is -0.126. The molecule has 0 amide bonds. The summed E-state index contributed by atoms with van der Waals surface area (Å²) in [5, 5.41) is 0.624. The Morgan fingerprint density at radius 3 is 2.19 bits per heavy atom. The summed E-state index contributed by atoms with van der Waals surface area (Å²) in [6.07, 6.45) is 0.564. The van der Waals surface area contributed by atoms with E-state index in [1.807, 2.05) is 0 Å². The van der Waals surface area contributed by atoms with Crippen molar-refractivity contribution in [2.24, 2.45) is 0 Å². The second-order valence-electron chi connectivity index (χ2n) is 8.24. The average molecular weight is 509 g/mol. The fourth-order valence-electron chi connectivity index (χ4n) is 3.83. The molecule has 0 unspecified atom stereocenters. The number of carbonyl (C=O) groups excluding carboxylic acids is 2. The number of Topliss-reactive ketones (excluding diaryl/α,β-unsaturated/α-hetero) is 2. The van der Waals surface area contributed by atoms with E-state index in [4.69, 9.17) is 14.2 Å². The first-order valence-electron chi connectivity index (χ1n) is 11.2. The van der Waals surface area contributed by atoms with Crippen molar-refractivity contribution in [1.29, 1.82) is 0 Å². The molecule has 190 valence electrons. The number of hydrogen-bond donors (Lipinski definition) is 0. The summed E-state index contributed by atoms with van der Waals surface area (Å²) < 4.78 is 57.6. The van der Waals surface area contributed by atoms with Gasteiger partial charge >= 0.3 is 0 Å². The first-order valence-corrected chi connectivity index (χ1v) is 11.2. The third-order valence-electron chi connectivity index (χ3n) is 5.63. The van der Waals surface area contributed by atoms with E-state index in [1.54, 1.807) is 24.4 Å². The normalized spacial score (nSPS) is 10.8. The first-order chi connectivity index (χ1) is 17.8. The molecule has 0 aliphatic rings. The molecule has 4 rings (SSSR count). The lowest BCUT2D eigenvalue weighted by Crippen LogP contribution is -2.13. The Kier molecular flexibility index (Phi) is 7.71. The SMILES string of the molecule is COc1cc2nccc(Oc3ccc(CC(=O)CC(=O)Cc4ccc(F)c(F)c4)c(F)c3)c2cc1OC. The zero-order chi connectivity index (χ0) is 26.5. The fraction of sp³-hybridized carbons (Fsp3) is 0.179. The summed E-state index contributed by atoms with van der Waals surface area (Å²) in [5.41, 5.74) is 0.943. The third-order valence-corrected chi connectivity index (χ3v) is 5.63. The van der Waals surface area contributed by atoms with Crippen LogP contribution in [0.25, 0.3) is 10.9 Å². The minimum Gasteiger partial charge on any atom is -0.493 e. The molecule has 0 fully saturated rings. The van der Waals surface area contributed by atoms with Crippen LogP contribution in [0.5, 0.6) is 23.0 Å². The molecule has 0 radical (unpaired) electrons. The van der Waals surface area contributed by atoms with Gasteiger partial charge in [0.05, 0.1) is 26.2 Å². The minimum absolute atomic E-state index is 0.101. The van der Waals surface area contributed by atoms with Gasteiger partial charge in [-0.25, -0.2) is 13.2 Å². The molecule has 1 aromatic heterocycles. The van der Waals surface area contributed by atoms with Crippen molar-refractivity contribution in [2.75, 3.05) is 14.2 Å². The molecule has 0 saturated carbocycles. The van der Waals surface area contributed by atoms with Crippen molar-refractivity contribution in [3.63, 3.8) is 0 Å². The number of ketones is 2. The zero-order valence-electron chi connectivity index (χ0n) is 20.0. The largest absolute Gasteiger partial charge is 0.493 e. The van der Waals surface area contributed by atoms with E-state index in [-0.39, 0.29) is 29.7 Å². The van der Waals surface area contributed by atoms with Crippen molar-refractivity contribution in [2.45, 2.75) is 19.3 Å². The highest BCUT2D eigenvalue weighted by Crippen LogP contribution is 2.37. The average Bonchev–Trinajstić information content (AvgIpc) is 2.87. The quantitative estimate of drug-likeness (QED) is 0.253. The van der Waals surface area contributed by atoms with Crippen molar-refractivity contribution < 1.29 is 37.0 Å².